The molecule has 1 aliphatic rings. The molecule has 56 valence electrons. The van der Waals surface area contributed by atoms with Gasteiger partial charge in [0.1, 0.15) is 0 Å². The lowest BCUT2D eigenvalue weighted by atomic mass is 10.1. The minimum Gasteiger partial charge on any atom is -0.0843 e. The summed E-state index contributed by atoms with van der Waals surface area (Å²) < 4.78 is 0. The van der Waals surface area contributed by atoms with E-state index in [0.717, 1.165) is 0 Å². The maximum Gasteiger partial charge on any atom is -0.0345 e. The van der Waals surface area contributed by atoms with Gasteiger partial charge >= 0.3 is 0 Å². The summed E-state index contributed by atoms with van der Waals surface area (Å²) in [6.07, 6.45) is 13.6. The zero-order valence-corrected chi connectivity index (χ0v) is 6.77. The predicted molar refractivity (Wildman–Crippen MR) is 46.0 cm³/mol. The van der Waals surface area contributed by atoms with Crippen LogP contribution in [0.25, 0.3) is 0 Å². The van der Waals surface area contributed by atoms with Crippen molar-refractivity contribution in [1.29, 1.82) is 0 Å². The first kappa shape index (κ1) is 7.59. The first-order valence-corrected chi connectivity index (χ1v) is 4.23. The molecule has 0 bridgehead atoms. The summed E-state index contributed by atoms with van der Waals surface area (Å²) in [6.45, 7) is 2.18. The molecule has 0 fully saturated rings. The SMILES string of the molecule is CC1=C/CCCCC/C=C\1. The molecule has 0 atom stereocenters. The van der Waals surface area contributed by atoms with Crippen LogP contribution in [0, 0.1) is 0 Å². The van der Waals surface area contributed by atoms with Crippen LogP contribution in [0.2, 0.25) is 0 Å². The molecule has 1 aliphatic carbocycles. The van der Waals surface area contributed by atoms with Gasteiger partial charge in [-0.3, -0.25) is 0 Å². The van der Waals surface area contributed by atoms with Gasteiger partial charge < -0.3 is 0 Å². The molecular formula is C10H16. The van der Waals surface area contributed by atoms with E-state index in [1.165, 1.54) is 37.7 Å². The lowest BCUT2D eigenvalue weighted by Crippen LogP contribution is -1.72. The van der Waals surface area contributed by atoms with Gasteiger partial charge in [-0.2, -0.15) is 0 Å². The summed E-state index contributed by atoms with van der Waals surface area (Å²) in [5.74, 6) is 0. The second-order valence-corrected chi connectivity index (χ2v) is 2.99. The highest BCUT2D eigenvalue weighted by Gasteiger charge is 1.90. The fourth-order valence-electron chi connectivity index (χ4n) is 1.25. The zero-order valence-electron chi connectivity index (χ0n) is 6.77. The summed E-state index contributed by atoms with van der Waals surface area (Å²) in [5, 5.41) is 0. The lowest BCUT2D eigenvalue weighted by molar-refractivity contribution is 0.698. The smallest absolute Gasteiger partial charge is 0.0345 e. The van der Waals surface area contributed by atoms with E-state index in [2.05, 4.69) is 25.2 Å². The molecule has 0 nitrogen and oxygen atoms in total. The second kappa shape index (κ2) is 4.32. The van der Waals surface area contributed by atoms with Crippen LogP contribution in [-0.2, 0) is 0 Å². The van der Waals surface area contributed by atoms with Gasteiger partial charge in [0.25, 0.3) is 0 Å². The molecule has 0 aromatic rings. The van der Waals surface area contributed by atoms with Crippen molar-refractivity contribution in [3.8, 4) is 0 Å². The molecule has 0 aliphatic heterocycles. The molecule has 0 spiro atoms. The lowest BCUT2D eigenvalue weighted by Gasteiger charge is -1.92. The van der Waals surface area contributed by atoms with Gasteiger partial charge in [-0.25, -0.2) is 0 Å². The minimum atomic E-state index is 1.27. The Labute approximate surface area is 63.6 Å². The molecule has 0 saturated carbocycles. The van der Waals surface area contributed by atoms with E-state index in [-0.39, 0.29) is 0 Å². The van der Waals surface area contributed by atoms with Gasteiger partial charge in [0, 0.05) is 0 Å². The molecule has 0 amide bonds. The Balaban J connectivity index is 2.44. The van der Waals surface area contributed by atoms with Crippen molar-refractivity contribution < 1.29 is 0 Å². The Kier molecular flexibility index (Phi) is 3.28. The molecule has 0 radical (unpaired) electrons. The molecule has 0 heterocycles. The van der Waals surface area contributed by atoms with E-state index in [1.54, 1.807) is 0 Å². The molecular weight excluding hydrogens is 120 g/mol. The van der Waals surface area contributed by atoms with Crippen molar-refractivity contribution in [1.82, 2.24) is 0 Å². The van der Waals surface area contributed by atoms with E-state index in [0.29, 0.717) is 0 Å². The molecule has 1 rings (SSSR count). The summed E-state index contributed by atoms with van der Waals surface area (Å²) >= 11 is 0. The number of allylic oxidation sites excluding steroid dienone is 4. The molecule has 10 heavy (non-hydrogen) atoms. The normalized spacial score (nSPS) is 29.1. The highest BCUT2D eigenvalue weighted by atomic mass is 14.0. The maximum atomic E-state index is 2.34. The summed E-state index contributed by atoms with van der Waals surface area (Å²) in [7, 11) is 0. The van der Waals surface area contributed by atoms with E-state index in [9.17, 15) is 0 Å². The third-order valence-corrected chi connectivity index (χ3v) is 1.92. The van der Waals surface area contributed by atoms with Crippen LogP contribution in [0.1, 0.15) is 39.0 Å². The number of rotatable bonds is 0. The van der Waals surface area contributed by atoms with Crippen LogP contribution in [-0.4, -0.2) is 0 Å². The Morgan fingerprint density at radius 3 is 2.80 bits per heavy atom. The van der Waals surface area contributed by atoms with Crippen molar-refractivity contribution >= 4 is 0 Å². The average Bonchev–Trinajstić information content (AvgIpc) is 2.02. The van der Waals surface area contributed by atoms with Crippen LogP contribution in [0.4, 0.5) is 0 Å². The van der Waals surface area contributed by atoms with Gasteiger partial charge in [-0.15, -0.1) is 0 Å². The Bertz CT molecular complexity index is 140. The largest absolute Gasteiger partial charge is 0.0843 e. The predicted octanol–water partition coefficient (Wildman–Crippen LogP) is 3.45. The fourth-order valence-corrected chi connectivity index (χ4v) is 1.25. The Morgan fingerprint density at radius 1 is 1.10 bits per heavy atom. The van der Waals surface area contributed by atoms with Crippen molar-refractivity contribution in [3.05, 3.63) is 23.8 Å². The number of hydrogen-bond donors (Lipinski definition) is 0. The summed E-state index contributed by atoms with van der Waals surface area (Å²) in [4.78, 5) is 0. The van der Waals surface area contributed by atoms with Crippen LogP contribution in [0.5, 0.6) is 0 Å². The molecule has 0 unspecified atom stereocenters. The number of hydrogen-bond acceptors (Lipinski definition) is 0. The van der Waals surface area contributed by atoms with Gasteiger partial charge in [-0.1, -0.05) is 30.2 Å². The monoisotopic (exact) mass is 136 g/mol. The highest BCUT2D eigenvalue weighted by Crippen LogP contribution is 2.10. The van der Waals surface area contributed by atoms with Crippen LogP contribution >= 0.6 is 0 Å². The molecule has 0 N–H and O–H groups in total. The summed E-state index contributed by atoms with van der Waals surface area (Å²) in [5.41, 5.74) is 1.43. The first-order valence-electron chi connectivity index (χ1n) is 4.23. The fraction of sp³-hybridized carbons (Fsp3) is 0.600. The minimum absolute atomic E-state index is 1.27. The van der Waals surface area contributed by atoms with E-state index in [1.807, 2.05) is 0 Å². The van der Waals surface area contributed by atoms with Crippen molar-refractivity contribution in [2.45, 2.75) is 39.0 Å². The zero-order chi connectivity index (χ0) is 7.23. The van der Waals surface area contributed by atoms with Crippen LogP contribution in [0.15, 0.2) is 23.8 Å². The van der Waals surface area contributed by atoms with Crippen LogP contribution < -0.4 is 0 Å². The van der Waals surface area contributed by atoms with E-state index >= 15 is 0 Å². The Hall–Kier alpha value is -0.520. The molecule has 0 heteroatoms. The van der Waals surface area contributed by atoms with Crippen molar-refractivity contribution in [2.24, 2.45) is 0 Å². The van der Waals surface area contributed by atoms with Crippen molar-refractivity contribution in [2.75, 3.05) is 0 Å². The van der Waals surface area contributed by atoms with Gasteiger partial charge in [0.15, 0.2) is 0 Å². The van der Waals surface area contributed by atoms with E-state index < -0.39 is 0 Å². The van der Waals surface area contributed by atoms with E-state index in [4.69, 9.17) is 0 Å². The first-order chi connectivity index (χ1) is 4.89. The highest BCUT2D eigenvalue weighted by molar-refractivity contribution is 5.15. The molecule has 0 saturated heterocycles. The van der Waals surface area contributed by atoms with Gasteiger partial charge in [-0.05, 0) is 32.6 Å². The molecule has 0 aromatic carbocycles. The summed E-state index contributed by atoms with van der Waals surface area (Å²) in [6, 6.07) is 0. The third kappa shape index (κ3) is 2.86. The maximum absolute atomic E-state index is 2.34. The molecule has 0 aromatic heterocycles. The second-order valence-electron chi connectivity index (χ2n) is 2.99. The topological polar surface area (TPSA) is 0 Å². The quantitative estimate of drug-likeness (QED) is 0.478. The standard InChI is InChI=1S/C10H16/c1-10-8-6-4-2-3-5-7-9-10/h6,8-9H,2-5,7H2,1H3/b8-6-,10-9-. The van der Waals surface area contributed by atoms with Gasteiger partial charge in [0.2, 0.25) is 0 Å². The average molecular weight is 136 g/mol. The van der Waals surface area contributed by atoms with Crippen LogP contribution in [0.3, 0.4) is 0 Å². The Morgan fingerprint density at radius 2 is 1.90 bits per heavy atom. The third-order valence-electron chi connectivity index (χ3n) is 1.92. The van der Waals surface area contributed by atoms with Crippen molar-refractivity contribution in [3.63, 3.8) is 0 Å². The van der Waals surface area contributed by atoms with Gasteiger partial charge in [0.05, 0.1) is 0 Å².